The van der Waals surface area contributed by atoms with Gasteiger partial charge in [-0.3, -0.25) is 0 Å². The molecule has 0 radical (unpaired) electrons. The van der Waals surface area contributed by atoms with Crippen molar-refractivity contribution in [3.8, 4) is 6.07 Å². The van der Waals surface area contributed by atoms with Gasteiger partial charge in [0.05, 0.1) is 6.07 Å². The second-order valence-corrected chi connectivity index (χ2v) is 6.16. The van der Waals surface area contributed by atoms with Crippen LogP contribution in [0.5, 0.6) is 0 Å². The maximum Gasteiger partial charge on any atom is 0.152 e. The summed E-state index contributed by atoms with van der Waals surface area (Å²) in [5, 5.41) is 8.86. The molecule has 0 aliphatic carbocycles. The largest absolute Gasteiger partial charge is 0.611 e. The van der Waals surface area contributed by atoms with E-state index in [1.165, 1.54) is 0 Å². The Balaban J connectivity index is 3.00. The highest BCUT2D eigenvalue weighted by atomic mass is 32.2. The van der Waals surface area contributed by atoms with Crippen molar-refractivity contribution >= 4 is 11.2 Å². The average Bonchev–Trinajstić information content (AvgIpc) is 2.34. The summed E-state index contributed by atoms with van der Waals surface area (Å²) in [6, 6.07) is 10.1. The van der Waals surface area contributed by atoms with Crippen LogP contribution in [0.4, 0.5) is 0 Å². The predicted octanol–water partition coefficient (Wildman–Crippen LogP) is 3.47. The molecule has 2 unspecified atom stereocenters. The van der Waals surface area contributed by atoms with Crippen molar-refractivity contribution < 1.29 is 4.55 Å². The van der Waals surface area contributed by atoms with Crippen molar-refractivity contribution in [2.24, 2.45) is 5.92 Å². The molecule has 0 saturated carbocycles. The van der Waals surface area contributed by atoms with Gasteiger partial charge in [0, 0.05) is 6.42 Å². The average molecular weight is 249 g/mol. The van der Waals surface area contributed by atoms with E-state index in [-0.39, 0.29) is 5.92 Å². The topological polar surface area (TPSA) is 46.8 Å². The van der Waals surface area contributed by atoms with E-state index in [1.807, 2.05) is 31.2 Å². The lowest BCUT2D eigenvalue weighted by atomic mass is 9.86. The molecule has 0 fully saturated rings. The Morgan fingerprint density at radius 3 is 2.65 bits per heavy atom. The van der Waals surface area contributed by atoms with Crippen LogP contribution in [0, 0.1) is 17.2 Å². The summed E-state index contributed by atoms with van der Waals surface area (Å²) in [5.74, 6) is 1.28. The van der Waals surface area contributed by atoms with Gasteiger partial charge in [-0.1, -0.05) is 26.0 Å². The van der Waals surface area contributed by atoms with Crippen LogP contribution in [0.2, 0.25) is 0 Å². The molecule has 0 bridgehead atoms. The van der Waals surface area contributed by atoms with Crippen molar-refractivity contribution in [1.29, 1.82) is 5.26 Å². The monoisotopic (exact) mass is 249 g/mol. The van der Waals surface area contributed by atoms with Gasteiger partial charge in [0.2, 0.25) is 0 Å². The summed E-state index contributed by atoms with van der Waals surface area (Å²) < 4.78 is 11.8. The third kappa shape index (κ3) is 3.76. The maximum absolute atomic E-state index is 11.8. The van der Waals surface area contributed by atoms with Gasteiger partial charge >= 0.3 is 0 Å². The molecule has 1 aromatic carbocycles. The molecule has 1 rings (SSSR count). The first kappa shape index (κ1) is 14.1. The molecular weight excluding hydrogens is 230 g/mol. The second kappa shape index (κ2) is 6.68. The summed E-state index contributed by atoms with van der Waals surface area (Å²) in [4.78, 5) is 0.869. The third-order valence-electron chi connectivity index (χ3n) is 2.93. The molecule has 0 aliphatic rings. The SMILES string of the molecule is CC[S+]([O-])c1cccc(C(CC#N)C(C)C)c1. The minimum absolute atomic E-state index is 0.230. The van der Waals surface area contributed by atoms with E-state index in [0.717, 1.165) is 10.5 Å². The van der Waals surface area contributed by atoms with E-state index >= 15 is 0 Å². The molecule has 2 atom stereocenters. The van der Waals surface area contributed by atoms with Crippen molar-refractivity contribution in [2.75, 3.05) is 5.75 Å². The fourth-order valence-electron chi connectivity index (χ4n) is 1.89. The predicted molar refractivity (Wildman–Crippen MR) is 71.2 cm³/mol. The highest BCUT2D eigenvalue weighted by Crippen LogP contribution is 2.29. The van der Waals surface area contributed by atoms with Crippen molar-refractivity contribution in [2.45, 2.75) is 38.0 Å². The van der Waals surface area contributed by atoms with Crippen LogP contribution >= 0.6 is 0 Å². The van der Waals surface area contributed by atoms with Crippen LogP contribution < -0.4 is 0 Å². The molecule has 0 amide bonds. The van der Waals surface area contributed by atoms with Crippen LogP contribution in [0.1, 0.15) is 38.7 Å². The summed E-state index contributed by atoms with van der Waals surface area (Å²) in [6.07, 6.45) is 0.514. The highest BCUT2D eigenvalue weighted by Gasteiger charge is 2.18. The maximum atomic E-state index is 11.8. The van der Waals surface area contributed by atoms with Crippen molar-refractivity contribution in [3.05, 3.63) is 29.8 Å². The second-order valence-electron chi connectivity index (χ2n) is 4.42. The van der Waals surface area contributed by atoms with Gasteiger partial charge in [0.15, 0.2) is 4.90 Å². The Bertz CT molecular complexity index is 397. The number of nitriles is 1. The molecule has 0 saturated heterocycles. The van der Waals surface area contributed by atoms with E-state index in [4.69, 9.17) is 5.26 Å². The first-order valence-electron chi connectivity index (χ1n) is 5.95. The number of hydrogen-bond donors (Lipinski definition) is 0. The number of hydrogen-bond acceptors (Lipinski definition) is 2. The van der Waals surface area contributed by atoms with Gasteiger partial charge in [-0.2, -0.15) is 5.26 Å². The van der Waals surface area contributed by atoms with Gasteiger partial charge in [-0.05, 0) is 47.6 Å². The molecule has 0 heterocycles. The normalized spacial score (nSPS) is 14.4. The van der Waals surface area contributed by atoms with E-state index in [2.05, 4.69) is 19.9 Å². The van der Waals surface area contributed by atoms with Crippen LogP contribution in [0.3, 0.4) is 0 Å². The van der Waals surface area contributed by atoms with E-state index in [9.17, 15) is 4.55 Å². The first-order chi connectivity index (χ1) is 8.10. The van der Waals surface area contributed by atoms with Crippen LogP contribution in [-0.4, -0.2) is 10.3 Å². The molecular formula is C14H19NOS. The smallest absolute Gasteiger partial charge is 0.152 e. The van der Waals surface area contributed by atoms with Crippen LogP contribution in [-0.2, 0) is 11.2 Å². The number of nitrogens with zero attached hydrogens (tertiary/aromatic N) is 1. The minimum Gasteiger partial charge on any atom is -0.611 e. The Labute approximate surface area is 107 Å². The van der Waals surface area contributed by atoms with Crippen LogP contribution in [0.15, 0.2) is 29.2 Å². The van der Waals surface area contributed by atoms with E-state index in [1.54, 1.807) is 0 Å². The molecule has 1 aromatic rings. The minimum atomic E-state index is -0.917. The van der Waals surface area contributed by atoms with Crippen molar-refractivity contribution in [1.82, 2.24) is 0 Å². The van der Waals surface area contributed by atoms with Gasteiger partial charge in [-0.15, -0.1) is 0 Å². The van der Waals surface area contributed by atoms with Crippen LogP contribution in [0.25, 0.3) is 0 Å². The van der Waals surface area contributed by atoms with Gasteiger partial charge in [0.1, 0.15) is 5.75 Å². The molecule has 17 heavy (non-hydrogen) atoms. The number of rotatable bonds is 5. The zero-order valence-electron chi connectivity index (χ0n) is 10.6. The standard InChI is InChI=1S/C14H19NOS/c1-4-17(16)13-7-5-6-12(10-13)14(8-9-15)11(2)3/h5-7,10-11,14H,4,8H2,1-3H3. The molecule has 2 nitrogen and oxygen atoms in total. The summed E-state index contributed by atoms with van der Waals surface area (Å²) in [5.41, 5.74) is 1.13. The Morgan fingerprint density at radius 1 is 1.41 bits per heavy atom. The summed E-state index contributed by atoms with van der Waals surface area (Å²) >= 11 is -0.917. The third-order valence-corrected chi connectivity index (χ3v) is 4.23. The summed E-state index contributed by atoms with van der Waals surface area (Å²) in [7, 11) is 0. The summed E-state index contributed by atoms with van der Waals surface area (Å²) in [6.45, 7) is 6.15. The molecule has 0 spiro atoms. The number of benzene rings is 1. The Kier molecular flexibility index (Phi) is 5.54. The first-order valence-corrected chi connectivity index (χ1v) is 7.27. The molecule has 3 heteroatoms. The zero-order chi connectivity index (χ0) is 12.8. The van der Waals surface area contributed by atoms with Gasteiger partial charge in [-0.25, -0.2) is 0 Å². The molecule has 0 aromatic heterocycles. The fourth-order valence-corrected chi connectivity index (χ4v) is 2.72. The van der Waals surface area contributed by atoms with E-state index in [0.29, 0.717) is 18.1 Å². The Morgan fingerprint density at radius 2 is 2.12 bits per heavy atom. The van der Waals surface area contributed by atoms with E-state index < -0.39 is 11.2 Å². The molecule has 0 aliphatic heterocycles. The fraction of sp³-hybridized carbons (Fsp3) is 0.500. The quantitative estimate of drug-likeness (QED) is 0.750. The molecule has 92 valence electrons. The van der Waals surface area contributed by atoms with Gasteiger partial charge < -0.3 is 4.55 Å². The zero-order valence-corrected chi connectivity index (χ0v) is 11.5. The highest BCUT2D eigenvalue weighted by molar-refractivity contribution is 7.91. The van der Waals surface area contributed by atoms with Gasteiger partial charge in [0.25, 0.3) is 0 Å². The van der Waals surface area contributed by atoms with Crippen molar-refractivity contribution in [3.63, 3.8) is 0 Å². The lowest BCUT2D eigenvalue weighted by Gasteiger charge is -2.19. The molecule has 0 N–H and O–H groups in total. The lowest BCUT2D eigenvalue weighted by Crippen LogP contribution is -2.09. The lowest BCUT2D eigenvalue weighted by molar-refractivity contribution is 0.505. The Hall–Kier alpha value is -0.980.